The van der Waals surface area contributed by atoms with Gasteiger partial charge in [0.25, 0.3) is 0 Å². The van der Waals surface area contributed by atoms with Crippen LogP contribution in [0.2, 0.25) is 0 Å². The number of amides is 1. The van der Waals surface area contributed by atoms with Crippen LogP contribution in [0.25, 0.3) is 0 Å². The van der Waals surface area contributed by atoms with E-state index in [9.17, 15) is 4.79 Å². The van der Waals surface area contributed by atoms with Gasteiger partial charge in [-0.05, 0) is 18.9 Å². The Kier molecular flexibility index (Phi) is 5.55. The van der Waals surface area contributed by atoms with Crippen LogP contribution in [-0.2, 0) is 10.2 Å². The molecule has 3 nitrogen and oxygen atoms in total. The van der Waals surface area contributed by atoms with Crippen molar-refractivity contribution in [2.24, 2.45) is 5.92 Å². The minimum atomic E-state index is -0.298. The smallest absolute Gasteiger partial charge is 0.225 e. The zero-order valence-corrected chi connectivity index (χ0v) is 12.4. The lowest BCUT2D eigenvalue weighted by Gasteiger charge is -2.27. The molecule has 106 valence electrons. The molecule has 0 aliphatic rings. The van der Waals surface area contributed by atoms with Crippen LogP contribution in [0.4, 0.5) is 0 Å². The third-order valence-corrected chi connectivity index (χ3v) is 3.59. The van der Waals surface area contributed by atoms with Crippen molar-refractivity contribution < 1.29 is 9.90 Å². The number of carbonyl (C=O) groups excluding carboxylic acids is 1. The Balaban J connectivity index is 2.67. The predicted molar refractivity (Wildman–Crippen MR) is 78.1 cm³/mol. The van der Waals surface area contributed by atoms with Crippen LogP contribution in [0, 0.1) is 12.8 Å². The van der Waals surface area contributed by atoms with Crippen molar-refractivity contribution in [3.8, 4) is 0 Å². The highest BCUT2D eigenvalue weighted by Gasteiger charge is 2.23. The standard InChI is InChI=1S/C16H25NO2/c1-5-13(10-18)15(19)17-11-16(3,4)14-8-6-7-12(2)9-14/h6-9,13,18H,5,10-11H2,1-4H3,(H,17,19). The molecular weight excluding hydrogens is 238 g/mol. The molecule has 2 N–H and O–H groups in total. The fourth-order valence-corrected chi connectivity index (χ4v) is 2.02. The van der Waals surface area contributed by atoms with E-state index in [4.69, 9.17) is 5.11 Å². The van der Waals surface area contributed by atoms with Gasteiger partial charge in [-0.2, -0.15) is 0 Å². The molecule has 0 heterocycles. The lowest BCUT2D eigenvalue weighted by molar-refractivity contribution is -0.126. The fourth-order valence-electron chi connectivity index (χ4n) is 2.02. The van der Waals surface area contributed by atoms with Gasteiger partial charge < -0.3 is 10.4 Å². The molecule has 0 aliphatic heterocycles. The summed E-state index contributed by atoms with van der Waals surface area (Å²) in [7, 11) is 0. The summed E-state index contributed by atoms with van der Waals surface area (Å²) in [4.78, 5) is 11.9. The monoisotopic (exact) mass is 263 g/mol. The topological polar surface area (TPSA) is 49.3 Å². The fraction of sp³-hybridized carbons (Fsp3) is 0.562. The van der Waals surface area contributed by atoms with Crippen molar-refractivity contribution >= 4 is 5.91 Å². The van der Waals surface area contributed by atoms with Crippen LogP contribution in [0.5, 0.6) is 0 Å². The molecule has 1 amide bonds. The Hall–Kier alpha value is -1.35. The number of aryl methyl sites for hydroxylation is 1. The molecule has 0 saturated heterocycles. The lowest BCUT2D eigenvalue weighted by Crippen LogP contribution is -2.40. The van der Waals surface area contributed by atoms with E-state index in [2.05, 4.69) is 44.3 Å². The molecular formula is C16H25NO2. The number of carbonyl (C=O) groups is 1. The third kappa shape index (κ3) is 4.35. The molecule has 0 spiro atoms. The average molecular weight is 263 g/mol. The molecule has 19 heavy (non-hydrogen) atoms. The first-order valence-corrected chi connectivity index (χ1v) is 6.86. The average Bonchev–Trinajstić information content (AvgIpc) is 2.38. The van der Waals surface area contributed by atoms with Gasteiger partial charge in [0, 0.05) is 12.0 Å². The number of benzene rings is 1. The van der Waals surface area contributed by atoms with Crippen molar-refractivity contribution in [1.82, 2.24) is 5.32 Å². The summed E-state index contributed by atoms with van der Waals surface area (Å²) in [5.74, 6) is -0.362. The highest BCUT2D eigenvalue weighted by molar-refractivity contribution is 5.78. The molecule has 1 aromatic carbocycles. The van der Waals surface area contributed by atoms with Crippen LogP contribution in [0.1, 0.15) is 38.3 Å². The van der Waals surface area contributed by atoms with Gasteiger partial charge >= 0.3 is 0 Å². The van der Waals surface area contributed by atoms with E-state index < -0.39 is 0 Å². The molecule has 0 fully saturated rings. The molecule has 1 rings (SSSR count). The van der Waals surface area contributed by atoms with Crippen molar-refractivity contribution in [3.63, 3.8) is 0 Å². The Labute approximate surface area is 116 Å². The molecule has 0 bridgehead atoms. The van der Waals surface area contributed by atoms with E-state index in [0.29, 0.717) is 13.0 Å². The maximum atomic E-state index is 11.9. The summed E-state index contributed by atoms with van der Waals surface area (Å²) in [6.45, 7) is 8.69. The number of nitrogens with one attached hydrogen (secondary N) is 1. The number of rotatable bonds is 6. The summed E-state index contributed by atoms with van der Waals surface area (Å²) in [5, 5.41) is 12.1. The third-order valence-electron chi connectivity index (χ3n) is 3.59. The second-order valence-electron chi connectivity index (χ2n) is 5.76. The Morgan fingerprint density at radius 2 is 2.11 bits per heavy atom. The minimum absolute atomic E-state index is 0.0641. The second kappa shape index (κ2) is 6.71. The van der Waals surface area contributed by atoms with Gasteiger partial charge in [0.2, 0.25) is 5.91 Å². The molecule has 0 saturated carbocycles. The Morgan fingerprint density at radius 3 is 2.63 bits per heavy atom. The summed E-state index contributed by atoms with van der Waals surface area (Å²) in [6.07, 6.45) is 0.660. The molecule has 0 radical (unpaired) electrons. The second-order valence-corrected chi connectivity index (χ2v) is 5.76. The van der Waals surface area contributed by atoms with E-state index in [1.165, 1.54) is 11.1 Å². The van der Waals surface area contributed by atoms with Gasteiger partial charge in [-0.15, -0.1) is 0 Å². The van der Waals surface area contributed by atoms with Crippen molar-refractivity contribution in [2.45, 2.75) is 39.5 Å². The first-order chi connectivity index (χ1) is 8.90. The Bertz CT molecular complexity index is 423. The van der Waals surface area contributed by atoms with Gasteiger partial charge in [0.15, 0.2) is 0 Å². The number of hydrogen-bond donors (Lipinski definition) is 2. The van der Waals surface area contributed by atoms with Crippen LogP contribution in [0.3, 0.4) is 0 Å². The summed E-state index contributed by atoms with van der Waals surface area (Å²) in [5.41, 5.74) is 2.32. The van der Waals surface area contributed by atoms with Crippen LogP contribution >= 0.6 is 0 Å². The van der Waals surface area contributed by atoms with E-state index >= 15 is 0 Å². The van der Waals surface area contributed by atoms with E-state index in [-0.39, 0.29) is 23.8 Å². The molecule has 0 aliphatic carbocycles. The molecule has 3 heteroatoms. The number of hydrogen-bond acceptors (Lipinski definition) is 2. The SMILES string of the molecule is CCC(CO)C(=O)NCC(C)(C)c1cccc(C)c1. The van der Waals surface area contributed by atoms with Gasteiger partial charge in [-0.1, -0.05) is 50.6 Å². The van der Waals surface area contributed by atoms with Crippen molar-refractivity contribution in [1.29, 1.82) is 0 Å². The number of aliphatic hydroxyl groups excluding tert-OH is 1. The first kappa shape index (κ1) is 15.7. The van der Waals surface area contributed by atoms with E-state index in [0.717, 1.165) is 0 Å². The Morgan fingerprint density at radius 1 is 1.42 bits per heavy atom. The van der Waals surface area contributed by atoms with E-state index in [1.807, 2.05) is 13.0 Å². The van der Waals surface area contributed by atoms with Gasteiger partial charge in [0.1, 0.15) is 0 Å². The highest BCUT2D eigenvalue weighted by Crippen LogP contribution is 2.23. The van der Waals surface area contributed by atoms with Crippen LogP contribution in [-0.4, -0.2) is 24.2 Å². The highest BCUT2D eigenvalue weighted by atomic mass is 16.3. The number of aliphatic hydroxyl groups is 1. The van der Waals surface area contributed by atoms with E-state index in [1.54, 1.807) is 0 Å². The van der Waals surface area contributed by atoms with Crippen molar-refractivity contribution in [2.75, 3.05) is 13.2 Å². The predicted octanol–water partition coefficient (Wildman–Crippen LogP) is 2.41. The van der Waals surface area contributed by atoms with Gasteiger partial charge in [0.05, 0.1) is 12.5 Å². The largest absolute Gasteiger partial charge is 0.396 e. The van der Waals surface area contributed by atoms with Gasteiger partial charge in [-0.25, -0.2) is 0 Å². The molecule has 1 aromatic rings. The lowest BCUT2D eigenvalue weighted by atomic mass is 9.83. The molecule has 1 unspecified atom stereocenters. The maximum absolute atomic E-state index is 11.9. The molecule has 0 aromatic heterocycles. The summed E-state index contributed by atoms with van der Waals surface area (Å²) < 4.78 is 0. The maximum Gasteiger partial charge on any atom is 0.225 e. The van der Waals surface area contributed by atoms with Crippen LogP contribution < -0.4 is 5.32 Å². The van der Waals surface area contributed by atoms with Gasteiger partial charge in [-0.3, -0.25) is 4.79 Å². The molecule has 1 atom stereocenters. The summed E-state index contributed by atoms with van der Waals surface area (Å²) >= 11 is 0. The summed E-state index contributed by atoms with van der Waals surface area (Å²) in [6, 6.07) is 8.34. The minimum Gasteiger partial charge on any atom is -0.396 e. The van der Waals surface area contributed by atoms with Crippen molar-refractivity contribution in [3.05, 3.63) is 35.4 Å². The van der Waals surface area contributed by atoms with Crippen LogP contribution in [0.15, 0.2) is 24.3 Å². The zero-order valence-electron chi connectivity index (χ0n) is 12.4. The normalized spacial score (nSPS) is 13.1. The first-order valence-electron chi connectivity index (χ1n) is 6.86. The zero-order chi connectivity index (χ0) is 14.5. The quantitative estimate of drug-likeness (QED) is 0.828.